The first-order valence-electron chi connectivity index (χ1n) is 9.40. The molecule has 1 unspecified atom stereocenters. The summed E-state index contributed by atoms with van der Waals surface area (Å²) >= 11 is 0. The highest BCUT2D eigenvalue weighted by molar-refractivity contribution is 6.01. The Morgan fingerprint density at radius 3 is 2.67 bits per heavy atom. The SMILES string of the molecule is O=C1c2ccccc2NC(c2ccccc2[N+](=O)[O-])N1Cc1ccc2c(c1)OCO2. The van der Waals surface area contributed by atoms with Crippen LogP contribution in [0, 0.1) is 10.1 Å². The van der Waals surface area contributed by atoms with Crippen LogP contribution in [0.25, 0.3) is 0 Å². The smallest absolute Gasteiger partial charge is 0.276 e. The summed E-state index contributed by atoms with van der Waals surface area (Å²) in [6.45, 7) is 0.405. The van der Waals surface area contributed by atoms with Crippen molar-refractivity contribution >= 4 is 17.3 Å². The molecule has 150 valence electrons. The van der Waals surface area contributed by atoms with Gasteiger partial charge in [0.25, 0.3) is 11.6 Å². The van der Waals surface area contributed by atoms with Gasteiger partial charge in [-0.15, -0.1) is 0 Å². The molecule has 2 aliphatic heterocycles. The van der Waals surface area contributed by atoms with Crippen LogP contribution in [0.3, 0.4) is 0 Å². The number of rotatable bonds is 4. The Morgan fingerprint density at radius 2 is 1.80 bits per heavy atom. The fraction of sp³-hybridized carbons (Fsp3) is 0.136. The van der Waals surface area contributed by atoms with Gasteiger partial charge in [-0.25, -0.2) is 0 Å². The lowest BCUT2D eigenvalue weighted by atomic mass is 10.0. The number of nitrogens with one attached hydrogen (secondary N) is 1. The van der Waals surface area contributed by atoms with E-state index in [1.54, 1.807) is 47.4 Å². The van der Waals surface area contributed by atoms with Gasteiger partial charge >= 0.3 is 0 Å². The quantitative estimate of drug-likeness (QED) is 0.521. The van der Waals surface area contributed by atoms with Crippen molar-refractivity contribution in [2.75, 3.05) is 12.1 Å². The summed E-state index contributed by atoms with van der Waals surface area (Å²) in [6.07, 6.45) is -0.695. The summed E-state index contributed by atoms with van der Waals surface area (Å²) in [5.41, 5.74) is 2.38. The summed E-state index contributed by atoms with van der Waals surface area (Å²) in [4.78, 5) is 26.2. The minimum absolute atomic E-state index is 0.0436. The highest BCUT2D eigenvalue weighted by Gasteiger charge is 2.36. The fourth-order valence-electron chi connectivity index (χ4n) is 3.82. The van der Waals surface area contributed by atoms with Crippen molar-refractivity contribution in [2.24, 2.45) is 0 Å². The van der Waals surface area contributed by atoms with Crippen LogP contribution in [0.2, 0.25) is 0 Å². The summed E-state index contributed by atoms with van der Waals surface area (Å²) in [5, 5.41) is 14.9. The molecule has 8 heteroatoms. The topological polar surface area (TPSA) is 93.9 Å². The minimum Gasteiger partial charge on any atom is -0.454 e. The van der Waals surface area contributed by atoms with Crippen molar-refractivity contribution in [1.29, 1.82) is 0 Å². The van der Waals surface area contributed by atoms with Crippen LogP contribution in [-0.2, 0) is 6.54 Å². The molecule has 0 fully saturated rings. The Balaban J connectivity index is 1.58. The maximum Gasteiger partial charge on any atom is 0.276 e. The van der Waals surface area contributed by atoms with Crippen molar-refractivity contribution in [3.8, 4) is 11.5 Å². The summed E-state index contributed by atoms with van der Waals surface area (Å²) in [6, 6.07) is 19.1. The van der Waals surface area contributed by atoms with Gasteiger partial charge in [-0.1, -0.05) is 30.3 Å². The monoisotopic (exact) mass is 403 g/mol. The third kappa shape index (κ3) is 2.98. The van der Waals surface area contributed by atoms with E-state index >= 15 is 0 Å². The Bertz CT molecular complexity index is 1160. The van der Waals surface area contributed by atoms with E-state index in [4.69, 9.17) is 9.47 Å². The Kier molecular flexibility index (Phi) is 4.24. The van der Waals surface area contributed by atoms with Gasteiger partial charge in [0.2, 0.25) is 6.79 Å². The normalized spacial score (nSPS) is 16.7. The molecule has 3 aromatic rings. The highest BCUT2D eigenvalue weighted by Crippen LogP contribution is 2.39. The number of carbonyl (C=O) groups is 1. The molecule has 30 heavy (non-hydrogen) atoms. The van der Waals surface area contributed by atoms with Gasteiger partial charge in [0.1, 0.15) is 6.17 Å². The van der Waals surface area contributed by atoms with Crippen LogP contribution in [0.4, 0.5) is 11.4 Å². The number of nitrogens with zero attached hydrogens (tertiary/aromatic N) is 2. The van der Waals surface area contributed by atoms with Crippen molar-refractivity contribution < 1.29 is 19.2 Å². The average molecular weight is 403 g/mol. The minimum atomic E-state index is -0.695. The number of fused-ring (bicyclic) bond motifs is 2. The number of nitro groups is 1. The Hall–Kier alpha value is -4.07. The summed E-state index contributed by atoms with van der Waals surface area (Å²) in [7, 11) is 0. The Morgan fingerprint density at radius 1 is 1.03 bits per heavy atom. The van der Waals surface area contributed by atoms with E-state index in [0.717, 1.165) is 5.56 Å². The van der Waals surface area contributed by atoms with Gasteiger partial charge in [0.05, 0.1) is 16.1 Å². The summed E-state index contributed by atoms with van der Waals surface area (Å²) < 4.78 is 10.8. The van der Waals surface area contributed by atoms with Gasteiger partial charge in [-0.2, -0.15) is 0 Å². The molecular weight excluding hydrogens is 386 g/mol. The molecule has 1 N–H and O–H groups in total. The van der Waals surface area contributed by atoms with Crippen LogP contribution >= 0.6 is 0 Å². The number of benzene rings is 3. The van der Waals surface area contributed by atoms with Gasteiger partial charge < -0.3 is 19.7 Å². The van der Waals surface area contributed by atoms with Crippen molar-refractivity contribution in [3.05, 3.63) is 93.5 Å². The second-order valence-electron chi connectivity index (χ2n) is 7.03. The molecule has 1 amide bonds. The van der Waals surface area contributed by atoms with E-state index in [1.165, 1.54) is 6.07 Å². The fourth-order valence-corrected chi connectivity index (χ4v) is 3.82. The predicted octanol–water partition coefficient (Wildman–Crippen LogP) is 4.09. The molecule has 0 saturated heterocycles. The third-order valence-electron chi connectivity index (χ3n) is 5.24. The van der Waals surface area contributed by atoms with Gasteiger partial charge in [-0.3, -0.25) is 14.9 Å². The first kappa shape index (κ1) is 18.0. The molecule has 0 radical (unpaired) electrons. The zero-order chi connectivity index (χ0) is 20.7. The average Bonchev–Trinajstić information content (AvgIpc) is 3.23. The van der Waals surface area contributed by atoms with Crippen molar-refractivity contribution in [3.63, 3.8) is 0 Å². The summed E-state index contributed by atoms with van der Waals surface area (Å²) in [5.74, 6) is 1.07. The number of hydrogen-bond donors (Lipinski definition) is 1. The number of ether oxygens (including phenoxy) is 2. The maximum absolute atomic E-state index is 13.4. The molecule has 0 spiro atoms. The van der Waals surface area contributed by atoms with Crippen LogP contribution in [0.15, 0.2) is 66.7 Å². The van der Waals surface area contributed by atoms with Gasteiger partial charge in [-0.05, 0) is 35.9 Å². The second kappa shape index (κ2) is 7.07. The standard InChI is InChI=1S/C22H17N3O5/c26-22-15-5-1-3-7-17(15)23-21(16-6-2-4-8-18(16)25(27)28)24(22)12-14-9-10-19-20(11-14)30-13-29-19/h1-11,21,23H,12-13H2. The molecule has 0 bridgehead atoms. The molecule has 0 aliphatic carbocycles. The molecule has 3 aromatic carbocycles. The molecule has 0 saturated carbocycles. The van der Waals surface area contributed by atoms with E-state index in [0.29, 0.717) is 28.3 Å². The molecule has 0 aromatic heterocycles. The van der Waals surface area contributed by atoms with E-state index in [2.05, 4.69) is 5.32 Å². The van der Waals surface area contributed by atoms with Crippen molar-refractivity contribution in [2.45, 2.75) is 12.7 Å². The molecule has 5 rings (SSSR count). The van der Waals surface area contributed by atoms with Crippen LogP contribution in [0.1, 0.15) is 27.7 Å². The number of para-hydroxylation sites is 2. The van der Waals surface area contributed by atoms with Crippen LogP contribution in [0.5, 0.6) is 11.5 Å². The molecule has 1 atom stereocenters. The first-order chi connectivity index (χ1) is 14.6. The number of hydrogen-bond acceptors (Lipinski definition) is 6. The Labute approximate surface area is 171 Å². The number of carbonyl (C=O) groups excluding carboxylic acids is 1. The molecule has 2 heterocycles. The molecule has 2 aliphatic rings. The lowest BCUT2D eigenvalue weighted by molar-refractivity contribution is -0.385. The second-order valence-corrected chi connectivity index (χ2v) is 7.03. The number of nitro benzene ring substituents is 1. The van der Waals surface area contributed by atoms with E-state index < -0.39 is 11.1 Å². The van der Waals surface area contributed by atoms with Gasteiger partial charge in [0, 0.05) is 18.3 Å². The lowest BCUT2D eigenvalue weighted by Gasteiger charge is -2.38. The molecule has 8 nitrogen and oxygen atoms in total. The van der Waals surface area contributed by atoms with Crippen LogP contribution in [-0.4, -0.2) is 22.5 Å². The lowest BCUT2D eigenvalue weighted by Crippen LogP contribution is -2.42. The first-order valence-corrected chi connectivity index (χ1v) is 9.40. The number of anilines is 1. The van der Waals surface area contributed by atoms with Gasteiger partial charge in [0.15, 0.2) is 11.5 Å². The zero-order valence-corrected chi connectivity index (χ0v) is 15.8. The largest absolute Gasteiger partial charge is 0.454 e. The van der Waals surface area contributed by atoms with Crippen LogP contribution < -0.4 is 14.8 Å². The third-order valence-corrected chi connectivity index (χ3v) is 5.24. The predicted molar refractivity (Wildman–Crippen MR) is 108 cm³/mol. The zero-order valence-electron chi connectivity index (χ0n) is 15.8. The maximum atomic E-state index is 13.4. The number of amides is 1. The molecular formula is C22H17N3O5. The van der Waals surface area contributed by atoms with Crippen molar-refractivity contribution in [1.82, 2.24) is 4.90 Å². The van der Waals surface area contributed by atoms with E-state index in [-0.39, 0.29) is 24.9 Å². The van der Waals surface area contributed by atoms with E-state index in [9.17, 15) is 14.9 Å². The van der Waals surface area contributed by atoms with E-state index in [1.807, 2.05) is 18.2 Å². The highest BCUT2D eigenvalue weighted by atomic mass is 16.7.